The summed E-state index contributed by atoms with van der Waals surface area (Å²) in [5, 5.41) is -0.780. The maximum absolute atomic E-state index is 11.7. The molecule has 0 unspecified atom stereocenters. The normalized spacial score (nSPS) is 11.5. The van der Waals surface area contributed by atoms with Gasteiger partial charge in [0.15, 0.2) is 5.12 Å². The smallest absolute Gasteiger partial charge is 0.253 e. The molecule has 8 heavy (non-hydrogen) atoms. The van der Waals surface area contributed by atoms with Gasteiger partial charge in [0.1, 0.15) is 0 Å². The number of halogens is 2. The molecule has 0 N–H and O–H groups in total. The molecule has 0 fully saturated rings. The molecule has 0 aliphatic heterocycles. The maximum atomic E-state index is 11.7. The number of thiol groups is 1. The van der Waals surface area contributed by atoms with Gasteiger partial charge in [-0.1, -0.05) is 0 Å². The molecule has 0 saturated carbocycles. The standard InChI is InChI=1S/C4H6F2OS/c1-4(5,6)2-3(7)8/h2H2,1H3,(H,7,8). The highest BCUT2D eigenvalue weighted by Crippen LogP contribution is 2.17. The predicted octanol–water partition coefficient (Wildman–Crippen LogP) is 1.49. The Morgan fingerprint density at radius 3 is 2.12 bits per heavy atom. The van der Waals surface area contributed by atoms with Crippen LogP contribution in [0.5, 0.6) is 0 Å². The van der Waals surface area contributed by atoms with Crippen LogP contribution in [-0.4, -0.2) is 11.0 Å². The van der Waals surface area contributed by atoms with Crippen molar-refractivity contribution in [2.45, 2.75) is 19.3 Å². The minimum atomic E-state index is -2.90. The number of carbonyl (C=O) groups excluding carboxylic acids is 1. The molecule has 0 aromatic rings. The number of hydrogen-bond donors (Lipinski definition) is 1. The first-order chi connectivity index (χ1) is 3.42. The molecule has 48 valence electrons. The van der Waals surface area contributed by atoms with Gasteiger partial charge in [-0.05, 0) is 6.92 Å². The molecule has 0 amide bonds. The van der Waals surface area contributed by atoms with Crippen LogP contribution in [0.15, 0.2) is 0 Å². The van der Waals surface area contributed by atoms with Gasteiger partial charge >= 0.3 is 0 Å². The summed E-state index contributed by atoms with van der Waals surface area (Å²) in [6.45, 7) is 0.682. The monoisotopic (exact) mass is 140 g/mol. The van der Waals surface area contributed by atoms with E-state index in [1.165, 1.54) is 0 Å². The van der Waals surface area contributed by atoms with Crippen LogP contribution < -0.4 is 0 Å². The fourth-order valence-corrected chi connectivity index (χ4v) is 0.543. The highest BCUT2D eigenvalue weighted by Gasteiger charge is 2.23. The third-order valence-electron chi connectivity index (χ3n) is 0.462. The predicted molar refractivity (Wildman–Crippen MR) is 29.2 cm³/mol. The summed E-state index contributed by atoms with van der Waals surface area (Å²) in [5.74, 6) is -2.90. The van der Waals surface area contributed by atoms with Crippen molar-refractivity contribution < 1.29 is 13.6 Å². The van der Waals surface area contributed by atoms with Crippen LogP contribution in [-0.2, 0) is 4.79 Å². The van der Waals surface area contributed by atoms with Crippen LogP contribution in [0.1, 0.15) is 13.3 Å². The molecule has 0 radical (unpaired) electrons. The summed E-state index contributed by atoms with van der Waals surface area (Å²) in [4.78, 5) is 9.84. The molecule has 0 aliphatic rings. The van der Waals surface area contributed by atoms with E-state index in [2.05, 4.69) is 12.6 Å². The molecule has 0 rings (SSSR count). The van der Waals surface area contributed by atoms with Crippen LogP contribution in [0.3, 0.4) is 0 Å². The Bertz CT molecular complexity index is 96.7. The van der Waals surface area contributed by atoms with Crippen molar-refractivity contribution in [2.75, 3.05) is 0 Å². The molecule has 0 aromatic carbocycles. The van der Waals surface area contributed by atoms with Crippen molar-refractivity contribution in [3.63, 3.8) is 0 Å². The van der Waals surface area contributed by atoms with Crippen LogP contribution >= 0.6 is 12.6 Å². The van der Waals surface area contributed by atoms with Crippen molar-refractivity contribution in [1.82, 2.24) is 0 Å². The van der Waals surface area contributed by atoms with Gasteiger partial charge in [-0.25, -0.2) is 8.78 Å². The molecule has 0 atom stereocenters. The van der Waals surface area contributed by atoms with Crippen molar-refractivity contribution in [3.05, 3.63) is 0 Å². The molecule has 0 aromatic heterocycles. The Hall–Kier alpha value is -0.120. The largest absolute Gasteiger partial charge is 0.287 e. The van der Waals surface area contributed by atoms with Crippen LogP contribution in [0.25, 0.3) is 0 Å². The molecular weight excluding hydrogens is 134 g/mol. The number of carbonyl (C=O) groups is 1. The van der Waals surface area contributed by atoms with E-state index >= 15 is 0 Å². The molecule has 1 nitrogen and oxygen atoms in total. The Kier molecular flexibility index (Phi) is 2.40. The van der Waals surface area contributed by atoms with Gasteiger partial charge in [0.25, 0.3) is 5.92 Å². The number of rotatable bonds is 2. The van der Waals surface area contributed by atoms with E-state index in [0.29, 0.717) is 6.92 Å². The Balaban J connectivity index is 3.55. The van der Waals surface area contributed by atoms with E-state index < -0.39 is 17.5 Å². The van der Waals surface area contributed by atoms with Gasteiger partial charge in [-0.2, -0.15) is 0 Å². The second-order valence-electron chi connectivity index (χ2n) is 1.64. The van der Waals surface area contributed by atoms with E-state index in [4.69, 9.17) is 0 Å². The molecule has 4 heteroatoms. The minimum absolute atomic E-state index is 0.682. The number of alkyl halides is 2. The van der Waals surface area contributed by atoms with E-state index in [-0.39, 0.29) is 0 Å². The first-order valence-electron chi connectivity index (χ1n) is 2.01. The second-order valence-corrected chi connectivity index (χ2v) is 2.14. The second kappa shape index (κ2) is 2.44. The van der Waals surface area contributed by atoms with Gasteiger partial charge in [-0.3, -0.25) is 4.79 Å². The lowest BCUT2D eigenvalue weighted by Crippen LogP contribution is -2.12. The first-order valence-corrected chi connectivity index (χ1v) is 2.46. The Morgan fingerprint density at radius 1 is 1.75 bits per heavy atom. The van der Waals surface area contributed by atoms with E-state index in [9.17, 15) is 13.6 Å². The molecule has 0 aliphatic carbocycles. The fraction of sp³-hybridized carbons (Fsp3) is 0.750. The van der Waals surface area contributed by atoms with Crippen molar-refractivity contribution in [3.8, 4) is 0 Å². The van der Waals surface area contributed by atoms with Gasteiger partial charge in [-0.15, -0.1) is 12.6 Å². The maximum Gasteiger partial charge on any atom is 0.253 e. The highest BCUT2D eigenvalue weighted by molar-refractivity contribution is 7.96. The average molecular weight is 140 g/mol. The van der Waals surface area contributed by atoms with Gasteiger partial charge < -0.3 is 0 Å². The SMILES string of the molecule is CC(F)(F)CC(=O)S. The fourth-order valence-electron chi connectivity index (χ4n) is 0.266. The van der Waals surface area contributed by atoms with Gasteiger partial charge in [0, 0.05) is 0 Å². The lowest BCUT2D eigenvalue weighted by molar-refractivity contribution is -0.116. The molecule has 0 spiro atoms. The summed E-state index contributed by atoms with van der Waals surface area (Å²) in [5.41, 5.74) is 0. The van der Waals surface area contributed by atoms with E-state index in [1.54, 1.807) is 0 Å². The zero-order chi connectivity index (χ0) is 6.78. The molecule has 0 heterocycles. The lowest BCUT2D eigenvalue weighted by Gasteiger charge is -2.04. The zero-order valence-corrected chi connectivity index (χ0v) is 5.21. The van der Waals surface area contributed by atoms with Crippen molar-refractivity contribution in [2.24, 2.45) is 0 Å². The molecule has 0 saturated heterocycles. The lowest BCUT2D eigenvalue weighted by atomic mass is 10.3. The molecular formula is C4H6F2OS. The van der Waals surface area contributed by atoms with Crippen LogP contribution in [0.4, 0.5) is 8.78 Å². The average Bonchev–Trinajstić information content (AvgIpc) is 1.21. The summed E-state index contributed by atoms with van der Waals surface area (Å²) in [6, 6.07) is 0. The first kappa shape index (κ1) is 7.88. The Labute approximate surface area is 51.5 Å². The van der Waals surface area contributed by atoms with Crippen molar-refractivity contribution in [1.29, 1.82) is 0 Å². The summed E-state index contributed by atoms with van der Waals surface area (Å²) < 4.78 is 23.4. The third kappa shape index (κ3) is 5.88. The quantitative estimate of drug-likeness (QED) is 0.575. The van der Waals surface area contributed by atoms with E-state index in [1.807, 2.05) is 0 Å². The topological polar surface area (TPSA) is 17.1 Å². The third-order valence-corrected chi connectivity index (χ3v) is 0.620. The highest BCUT2D eigenvalue weighted by atomic mass is 32.1. The van der Waals surface area contributed by atoms with Gasteiger partial charge in [0.05, 0.1) is 6.42 Å². The van der Waals surface area contributed by atoms with Crippen LogP contribution in [0.2, 0.25) is 0 Å². The van der Waals surface area contributed by atoms with Crippen LogP contribution in [0, 0.1) is 0 Å². The van der Waals surface area contributed by atoms with Crippen molar-refractivity contribution >= 4 is 17.7 Å². The Morgan fingerprint density at radius 2 is 2.12 bits per heavy atom. The zero-order valence-electron chi connectivity index (χ0n) is 4.32. The van der Waals surface area contributed by atoms with Gasteiger partial charge in [0.2, 0.25) is 0 Å². The summed E-state index contributed by atoms with van der Waals surface area (Å²) in [7, 11) is 0. The summed E-state index contributed by atoms with van der Waals surface area (Å²) in [6.07, 6.45) is -0.782. The minimum Gasteiger partial charge on any atom is -0.287 e. The number of hydrogen-bond acceptors (Lipinski definition) is 1. The van der Waals surface area contributed by atoms with E-state index in [0.717, 1.165) is 0 Å². The summed E-state index contributed by atoms with van der Waals surface area (Å²) >= 11 is 3.17. The molecule has 0 bridgehead atoms.